The van der Waals surface area contributed by atoms with Gasteiger partial charge in [-0.15, -0.1) is 13.2 Å². The van der Waals surface area contributed by atoms with Crippen molar-refractivity contribution in [1.82, 2.24) is 14.7 Å². The molecule has 4 aliphatic rings. The number of alkyl halides is 1. The number of nitrogens with zero attached hydrogens (tertiary/aromatic N) is 3. The molecule has 4 fully saturated rings. The first-order valence-electron chi connectivity index (χ1n) is 17.0. The van der Waals surface area contributed by atoms with E-state index in [1.54, 1.807) is 22.0 Å². The topological polar surface area (TPSA) is 90.4 Å². The maximum absolute atomic E-state index is 15.0. The lowest BCUT2D eigenvalue weighted by Gasteiger charge is -2.42. The molecule has 0 aromatic heterocycles. The summed E-state index contributed by atoms with van der Waals surface area (Å²) in [5, 5.41) is 10.9. The molecule has 3 amide bonds. The number of halogens is 1. The standard InChI is InChI=1S/C38H46BrN3O5/c1-3-20-40(24-27-16-10-6-11-17-27)35(44)31-32-36(45)42(29(25-43)22-26-14-8-5-9-15-26)34(38(32)23-30(39)33(31)47-38)37(46)41(21-4-2)28-18-12-7-13-19-28/h3-6,8-11,14-17,28-34,43H,1-2,7,12-13,18-25H2/t29-,30?,31+,32+,33+,34?,38?/m1/s1. The molecule has 1 N–H and O–H groups in total. The number of aliphatic hydroxyl groups excluding tert-OH is 1. The fourth-order valence-corrected chi connectivity index (χ4v) is 9.61. The predicted octanol–water partition coefficient (Wildman–Crippen LogP) is 4.90. The fraction of sp³-hybridized carbons (Fsp3) is 0.500. The third-order valence-corrected chi connectivity index (χ3v) is 11.5. The zero-order chi connectivity index (χ0) is 33.1. The summed E-state index contributed by atoms with van der Waals surface area (Å²) in [7, 11) is 0. The van der Waals surface area contributed by atoms with Gasteiger partial charge in [0.15, 0.2) is 0 Å². The lowest BCUT2D eigenvalue weighted by Crippen LogP contribution is -2.61. The van der Waals surface area contributed by atoms with Gasteiger partial charge < -0.3 is 24.5 Å². The number of aliphatic hydroxyl groups is 1. The highest BCUT2D eigenvalue weighted by Crippen LogP contribution is 2.61. The quantitative estimate of drug-likeness (QED) is 0.237. The highest BCUT2D eigenvalue weighted by molar-refractivity contribution is 9.09. The van der Waals surface area contributed by atoms with E-state index in [4.69, 9.17) is 4.74 Å². The van der Waals surface area contributed by atoms with Crippen LogP contribution >= 0.6 is 15.9 Å². The molecule has 0 radical (unpaired) electrons. The zero-order valence-corrected chi connectivity index (χ0v) is 28.5. The number of amides is 3. The van der Waals surface area contributed by atoms with E-state index < -0.39 is 35.6 Å². The van der Waals surface area contributed by atoms with E-state index in [9.17, 15) is 14.7 Å². The van der Waals surface area contributed by atoms with Gasteiger partial charge in [-0.3, -0.25) is 14.4 Å². The number of carbonyl (C=O) groups is 3. The predicted molar refractivity (Wildman–Crippen MR) is 184 cm³/mol. The van der Waals surface area contributed by atoms with Crippen LogP contribution < -0.4 is 0 Å². The van der Waals surface area contributed by atoms with Crippen LogP contribution in [0.4, 0.5) is 0 Å². The molecule has 1 saturated carbocycles. The Morgan fingerprint density at radius 3 is 2.23 bits per heavy atom. The summed E-state index contributed by atoms with van der Waals surface area (Å²) in [5.74, 6) is -2.30. The molecule has 2 aromatic rings. The average molecular weight is 705 g/mol. The normalized spacial score (nSPS) is 28.9. The van der Waals surface area contributed by atoms with Crippen molar-refractivity contribution in [3.63, 3.8) is 0 Å². The number of likely N-dealkylation sites (tertiary alicyclic amines) is 1. The highest BCUT2D eigenvalue weighted by atomic mass is 79.9. The molecule has 3 unspecified atom stereocenters. The number of ether oxygens (including phenoxy) is 1. The van der Waals surface area contributed by atoms with Gasteiger partial charge in [0.25, 0.3) is 0 Å². The van der Waals surface area contributed by atoms with Gasteiger partial charge in [-0.1, -0.05) is 108 Å². The summed E-state index contributed by atoms with van der Waals surface area (Å²) >= 11 is 3.82. The molecule has 3 heterocycles. The maximum Gasteiger partial charge on any atom is 0.248 e. The Balaban J connectivity index is 1.42. The van der Waals surface area contributed by atoms with Crippen molar-refractivity contribution in [3.05, 3.63) is 97.1 Å². The first kappa shape index (κ1) is 33.6. The van der Waals surface area contributed by atoms with Crippen LogP contribution in [0.5, 0.6) is 0 Å². The van der Waals surface area contributed by atoms with Crippen molar-refractivity contribution in [2.75, 3.05) is 19.7 Å². The van der Waals surface area contributed by atoms with Crippen LogP contribution in [0, 0.1) is 11.8 Å². The molecule has 250 valence electrons. The fourth-order valence-electron chi connectivity index (χ4n) is 8.67. The van der Waals surface area contributed by atoms with Crippen LogP contribution in [0.3, 0.4) is 0 Å². The van der Waals surface area contributed by atoms with Crippen LogP contribution in [0.1, 0.15) is 49.7 Å². The molecule has 3 aliphatic heterocycles. The van der Waals surface area contributed by atoms with E-state index in [0.29, 0.717) is 32.5 Å². The molecule has 2 aromatic carbocycles. The number of fused-ring (bicyclic) bond motifs is 1. The van der Waals surface area contributed by atoms with Gasteiger partial charge in [0, 0.05) is 30.5 Å². The summed E-state index contributed by atoms with van der Waals surface area (Å²) < 4.78 is 6.87. The van der Waals surface area contributed by atoms with E-state index in [1.165, 1.54) is 0 Å². The van der Waals surface area contributed by atoms with Crippen molar-refractivity contribution in [2.24, 2.45) is 11.8 Å². The SMILES string of the molecule is C=CCN(Cc1ccccc1)C(=O)[C@H]1[C@H]2C(=O)N([C@@H](CO)Cc3ccccc3)C(C(=O)N(CC=C)C3CCCCC3)C23CC(Br)[C@@H]1O3. The first-order chi connectivity index (χ1) is 22.8. The number of hydrogen-bond donors (Lipinski definition) is 1. The molecule has 3 saturated heterocycles. The monoisotopic (exact) mass is 703 g/mol. The molecule has 7 atom stereocenters. The van der Waals surface area contributed by atoms with Gasteiger partial charge in [-0.05, 0) is 36.8 Å². The minimum absolute atomic E-state index is 0.0353. The zero-order valence-electron chi connectivity index (χ0n) is 27.0. The second-order valence-electron chi connectivity index (χ2n) is 13.5. The molecule has 1 aliphatic carbocycles. The molecule has 1 spiro atoms. The van der Waals surface area contributed by atoms with Crippen molar-refractivity contribution in [3.8, 4) is 0 Å². The lowest BCUT2D eigenvalue weighted by molar-refractivity contribution is -0.153. The van der Waals surface area contributed by atoms with Gasteiger partial charge in [-0.25, -0.2) is 0 Å². The summed E-state index contributed by atoms with van der Waals surface area (Å²) in [6, 6.07) is 17.9. The molecule has 6 rings (SSSR count). The van der Waals surface area contributed by atoms with Crippen molar-refractivity contribution in [2.45, 2.75) is 86.1 Å². The minimum atomic E-state index is -1.21. The van der Waals surface area contributed by atoms with Crippen LogP contribution in [0.2, 0.25) is 0 Å². The van der Waals surface area contributed by atoms with E-state index in [2.05, 4.69) is 29.1 Å². The smallest absolute Gasteiger partial charge is 0.248 e. The minimum Gasteiger partial charge on any atom is -0.394 e. The molecule has 8 nitrogen and oxygen atoms in total. The maximum atomic E-state index is 15.0. The Hall–Kier alpha value is -3.27. The molecule has 47 heavy (non-hydrogen) atoms. The Morgan fingerprint density at radius 2 is 1.62 bits per heavy atom. The van der Waals surface area contributed by atoms with Gasteiger partial charge in [0.05, 0.1) is 30.6 Å². The summed E-state index contributed by atoms with van der Waals surface area (Å²) in [5.41, 5.74) is 0.713. The van der Waals surface area contributed by atoms with Crippen LogP contribution in [0.25, 0.3) is 0 Å². The van der Waals surface area contributed by atoms with Crippen LogP contribution in [-0.4, -0.2) is 91.9 Å². The third kappa shape index (κ3) is 6.22. The van der Waals surface area contributed by atoms with Gasteiger partial charge >= 0.3 is 0 Å². The van der Waals surface area contributed by atoms with E-state index in [1.807, 2.05) is 65.6 Å². The van der Waals surface area contributed by atoms with Crippen LogP contribution in [-0.2, 0) is 32.1 Å². The number of carbonyl (C=O) groups excluding carboxylic acids is 3. The Labute approximate surface area is 286 Å². The molecular formula is C38H46BrN3O5. The van der Waals surface area contributed by atoms with Crippen LogP contribution in [0.15, 0.2) is 86.0 Å². The Bertz CT molecular complexity index is 1450. The number of hydrogen-bond acceptors (Lipinski definition) is 5. The van der Waals surface area contributed by atoms with Gasteiger partial charge in [0.1, 0.15) is 11.6 Å². The Morgan fingerprint density at radius 1 is 0.979 bits per heavy atom. The van der Waals surface area contributed by atoms with E-state index in [-0.39, 0.29) is 35.2 Å². The lowest BCUT2D eigenvalue weighted by atomic mass is 9.70. The summed E-state index contributed by atoms with van der Waals surface area (Å²) in [6.45, 7) is 8.58. The van der Waals surface area contributed by atoms with Crippen molar-refractivity contribution < 1.29 is 24.2 Å². The average Bonchev–Trinajstić information content (AvgIpc) is 3.69. The second-order valence-corrected chi connectivity index (χ2v) is 14.7. The van der Waals surface area contributed by atoms with Crippen molar-refractivity contribution in [1.29, 1.82) is 0 Å². The van der Waals surface area contributed by atoms with E-state index >= 15 is 4.79 Å². The Kier molecular flexibility index (Phi) is 10.3. The molecule has 2 bridgehead atoms. The van der Waals surface area contributed by atoms with Gasteiger partial charge in [-0.2, -0.15) is 0 Å². The highest BCUT2D eigenvalue weighted by Gasteiger charge is 2.77. The number of benzene rings is 2. The third-order valence-electron chi connectivity index (χ3n) is 10.7. The molecule has 9 heteroatoms. The second kappa shape index (κ2) is 14.5. The van der Waals surface area contributed by atoms with E-state index in [0.717, 1.165) is 43.2 Å². The summed E-state index contributed by atoms with van der Waals surface area (Å²) in [4.78, 5) is 49.6. The molecular weight excluding hydrogens is 658 g/mol. The van der Waals surface area contributed by atoms with Crippen molar-refractivity contribution >= 4 is 33.7 Å². The largest absolute Gasteiger partial charge is 0.394 e. The first-order valence-corrected chi connectivity index (χ1v) is 17.9. The number of rotatable bonds is 13. The summed E-state index contributed by atoms with van der Waals surface area (Å²) in [6.07, 6.45) is 8.68. The van der Waals surface area contributed by atoms with Gasteiger partial charge in [0.2, 0.25) is 17.7 Å².